The van der Waals surface area contributed by atoms with Crippen molar-refractivity contribution in [2.75, 3.05) is 26.7 Å². The normalized spacial score (nSPS) is 11.0. The summed E-state index contributed by atoms with van der Waals surface area (Å²) in [5.74, 6) is 0.645. The van der Waals surface area contributed by atoms with Crippen LogP contribution in [0.5, 0.6) is 0 Å². The third kappa shape index (κ3) is 4.67. The van der Waals surface area contributed by atoms with Crippen LogP contribution in [0.2, 0.25) is 0 Å². The number of nitrogens with zero attached hydrogens (tertiary/aromatic N) is 2. The molecule has 0 saturated carbocycles. The molecule has 5 nitrogen and oxygen atoms in total. The minimum Gasteiger partial charge on any atom is -0.360 e. The minimum atomic E-state index is -0.140. The van der Waals surface area contributed by atoms with E-state index in [9.17, 15) is 4.79 Å². The third-order valence-electron chi connectivity index (χ3n) is 3.16. The summed E-state index contributed by atoms with van der Waals surface area (Å²) in [4.78, 5) is 14.2. The molecule has 108 valence electrons. The summed E-state index contributed by atoms with van der Waals surface area (Å²) in [6, 6.07) is 0. The predicted octanol–water partition coefficient (Wildman–Crippen LogP) is 2.01. The first kappa shape index (κ1) is 15.7. The van der Waals surface area contributed by atoms with Crippen LogP contribution >= 0.6 is 0 Å². The van der Waals surface area contributed by atoms with Gasteiger partial charge >= 0.3 is 0 Å². The molecule has 1 amide bonds. The van der Waals surface area contributed by atoms with Crippen molar-refractivity contribution in [2.45, 2.75) is 40.0 Å². The van der Waals surface area contributed by atoms with E-state index in [2.05, 4.69) is 29.3 Å². The van der Waals surface area contributed by atoms with Crippen LogP contribution in [-0.4, -0.2) is 42.6 Å². The van der Waals surface area contributed by atoms with Crippen LogP contribution in [0, 0.1) is 6.92 Å². The molecule has 1 aromatic heterocycles. The number of carbonyl (C=O) groups excluding carboxylic acids is 1. The van der Waals surface area contributed by atoms with Crippen molar-refractivity contribution in [3.8, 4) is 0 Å². The Hall–Kier alpha value is -1.36. The second kappa shape index (κ2) is 7.94. The predicted molar refractivity (Wildman–Crippen MR) is 75.4 cm³/mol. The highest BCUT2D eigenvalue weighted by molar-refractivity contribution is 5.93. The molecule has 1 rings (SSSR count). The Bertz CT molecular complexity index is 401. The minimum absolute atomic E-state index is 0.140. The molecule has 0 aliphatic rings. The van der Waals surface area contributed by atoms with Crippen LogP contribution in [0.25, 0.3) is 0 Å². The van der Waals surface area contributed by atoms with Gasteiger partial charge in [-0.2, -0.15) is 0 Å². The Balaban J connectivity index is 2.33. The number of rotatable bonds is 8. The Labute approximate surface area is 115 Å². The molecule has 1 N–H and O–H groups in total. The zero-order valence-electron chi connectivity index (χ0n) is 12.5. The quantitative estimate of drug-likeness (QED) is 0.732. The molecular weight excluding hydrogens is 242 g/mol. The summed E-state index contributed by atoms with van der Waals surface area (Å²) in [5, 5.41) is 6.72. The Morgan fingerprint density at radius 2 is 2.11 bits per heavy atom. The molecule has 0 unspecified atom stereocenters. The molecule has 1 aromatic rings. The van der Waals surface area contributed by atoms with Gasteiger partial charge in [0, 0.05) is 18.5 Å². The van der Waals surface area contributed by atoms with Gasteiger partial charge in [-0.15, -0.1) is 0 Å². The molecule has 0 aliphatic heterocycles. The van der Waals surface area contributed by atoms with Gasteiger partial charge < -0.3 is 14.7 Å². The number of hydrogen-bond donors (Lipinski definition) is 1. The molecular formula is C14H25N3O2. The Kier molecular flexibility index (Phi) is 6.56. The molecule has 0 aromatic carbocycles. The van der Waals surface area contributed by atoms with Crippen LogP contribution in [0.4, 0.5) is 0 Å². The first-order valence-electron chi connectivity index (χ1n) is 7.02. The zero-order valence-corrected chi connectivity index (χ0v) is 12.5. The van der Waals surface area contributed by atoms with E-state index in [4.69, 9.17) is 4.52 Å². The Morgan fingerprint density at radius 1 is 1.37 bits per heavy atom. The molecule has 1 heterocycles. The molecule has 0 aliphatic carbocycles. The fourth-order valence-corrected chi connectivity index (χ4v) is 2.04. The number of aromatic nitrogens is 1. The lowest BCUT2D eigenvalue weighted by Crippen LogP contribution is -2.29. The van der Waals surface area contributed by atoms with Crippen molar-refractivity contribution < 1.29 is 9.32 Å². The summed E-state index contributed by atoms with van der Waals surface area (Å²) in [6.07, 6.45) is 2.86. The monoisotopic (exact) mass is 267 g/mol. The summed E-state index contributed by atoms with van der Waals surface area (Å²) in [5.41, 5.74) is 1.27. The van der Waals surface area contributed by atoms with Gasteiger partial charge in [-0.3, -0.25) is 4.79 Å². The highest BCUT2D eigenvalue weighted by Gasteiger charge is 2.16. The first-order chi connectivity index (χ1) is 9.10. The second-order valence-corrected chi connectivity index (χ2v) is 4.85. The lowest BCUT2D eigenvalue weighted by atomic mass is 10.2. The third-order valence-corrected chi connectivity index (χ3v) is 3.16. The van der Waals surface area contributed by atoms with Gasteiger partial charge in [0.2, 0.25) is 0 Å². The maximum atomic E-state index is 11.9. The highest BCUT2D eigenvalue weighted by atomic mass is 16.5. The summed E-state index contributed by atoms with van der Waals surface area (Å²) < 4.78 is 5.12. The maximum Gasteiger partial charge on any atom is 0.273 e. The van der Waals surface area contributed by atoms with E-state index < -0.39 is 0 Å². The summed E-state index contributed by atoms with van der Waals surface area (Å²) in [7, 11) is 2.10. The molecule has 0 spiro atoms. The number of nitrogens with one attached hydrogen (secondary N) is 1. The van der Waals surface area contributed by atoms with Crippen molar-refractivity contribution in [3.63, 3.8) is 0 Å². The van der Waals surface area contributed by atoms with Gasteiger partial charge in [0.15, 0.2) is 5.69 Å². The lowest BCUT2D eigenvalue weighted by Gasteiger charge is -2.14. The average Bonchev–Trinajstić information content (AvgIpc) is 2.76. The van der Waals surface area contributed by atoms with Gasteiger partial charge in [-0.05, 0) is 39.9 Å². The largest absolute Gasteiger partial charge is 0.360 e. The van der Waals surface area contributed by atoms with Crippen LogP contribution in [0.3, 0.4) is 0 Å². The highest BCUT2D eigenvalue weighted by Crippen LogP contribution is 2.12. The van der Waals surface area contributed by atoms with E-state index in [0.29, 0.717) is 12.2 Å². The van der Waals surface area contributed by atoms with E-state index in [1.54, 1.807) is 0 Å². The van der Waals surface area contributed by atoms with Crippen molar-refractivity contribution in [3.05, 3.63) is 17.0 Å². The number of carbonyl (C=O) groups is 1. The molecule has 19 heavy (non-hydrogen) atoms. The SMILES string of the molecule is CCCN(C)CCCNC(=O)c1noc(CC)c1C. The maximum absolute atomic E-state index is 11.9. The van der Waals surface area contributed by atoms with E-state index in [1.807, 2.05) is 13.8 Å². The fraction of sp³-hybridized carbons (Fsp3) is 0.714. The molecule has 0 fully saturated rings. The summed E-state index contributed by atoms with van der Waals surface area (Å²) >= 11 is 0. The van der Waals surface area contributed by atoms with E-state index in [-0.39, 0.29) is 5.91 Å². The standard InChI is InChI=1S/C14H25N3O2/c1-5-9-17(4)10-7-8-15-14(18)13-11(3)12(6-2)19-16-13/h5-10H2,1-4H3,(H,15,18). The van der Waals surface area contributed by atoms with E-state index >= 15 is 0 Å². The molecule has 5 heteroatoms. The Morgan fingerprint density at radius 3 is 2.68 bits per heavy atom. The van der Waals surface area contributed by atoms with Crippen molar-refractivity contribution in [1.82, 2.24) is 15.4 Å². The van der Waals surface area contributed by atoms with Gasteiger partial charge in [0.05, 0.1) is 0 Å². The van der Waals surface area contributed by atoms with Crippen LogP contribution < -0.4 is 5.32 Å². The van der Waals surface area contributed by atoms with Crippen LogP contribution in [0.15, 0.2) is 4.52 Å². The topological polar surface area (TPSA) is 58.4 Å². The molecule has 0 radical (unpaired) electrons. The molecule has 0 saturated heterocycles. The van der Waals surface area contributed by atoms with Crippen LogP contribution in [-0.2, 0) is 6.42 Å². The molecule has 0 bridgehead atoms. The van der Waals surface area contributed by atoms with Gasteiger partial charge in [-0.25, -0.2) is 0 Å². The smallest absolute Gasteiger partial charge is 0.273 e. The van der Waals surface area contributed by atoms with Gasteiger partial charge in [-0.1, -0.05) is 19.0 Å². The van der Waals surface area contributed by atoms with Gasteiger partial charge in [0.1, 0.15) is 5.76 Å². The van der Waals surface area contributed by atoms with Gasteiger partial charge in [0.25, 0.3) is 5.91 Å². The number of hydrogen-bond acceptors (Lipinski definition) is 4. The van der Waals surface area contributed by atoms with Crippen molar-refractivity contribution in [1.29, 1.82) is 0 Å². The fourth-order valence-electron chi connectivity index (χ4n) is 2.04. The molecule has 0 atom stereocenters. The average molecular weight is 267 g/mol. The van der Waals surface area contributed by atoms with E-state index in [1.165, 1.54) is 0 Å². The van der Waals surface area contributed by atoms with Crippen molar-refractivity contribution in [2.24, 2.45) is 0 Å². The zero-order chi connectivity index (χ0) is 14.3. The first-order valence-corrected chi connectivity index (χ1v) is 7.02. The number of amides is 1. The lowest BCUT2D eigenvalue weighted by molar-refractivity contribution is 0.0942. The number of aryl methyl sites for hydroxylation is 1. The van der Waals surface area contributed by atoms with E-state index in [0.717, 1.165) is 43.7 Å². The summed E-state index contributed by atoms with van der Waals surface area (Å²) in [6.45, 7) is 8.78. The van der Waals surface area contributed by atoms with Crippen LogP contribution in [0.1, 0.15) is 48.5 Å². The van der Waals surface area contributed by atoms with Crippen molar-refractivity contribution >= 4 is 5.91 Å². The second-order valence-electron chi connectivity index (χ2n) is 4.85.